The molecule has 1 rings (SSSR count). The zero-order valence-corrected chi connectivity index (χ0v) is 5.98. The fourth-order valence-electron chi connectivity index (χ4n) is 0.470. The normalized spacial score (nSPS) is 13.1. The standard InChI is InChI=1S/C5H4FN2OS/c1-10(9)5-4(6)2-7-3-8-5/h2H,1H3. The molecule has 0 aliphatic heterocycles. The van der Waals surface area contributed by atoms with E-state index in [9.17, 15) is 8.94 Å². The number of halogens is 1. The van der Waals surface area contributed by atoms with Gasteiger partial charge >= 0.3 is 0 Å². The summed E-state index contributed by atoms with van der Waals surface area (Å²) in [4.78, 5) is 6.65. The van der Waals surface area contributed by atoms with E-state index in [4.69, 9.17) is 0 Å². The summed E-state index contributed by atoms with van der Waals surface area (Å²) in [5, 5.41) is -0.102. The largest absolute Gasteiger partial charge is 0.610 e. The first-order valence-corrected chi connectivity index (χ1v) is 3.99. The van der Waals surface area contributed by atoms with Gasteiger partial charge in [0.15, 0.2) is 0 Å². The zero-order valence-electron chi connectivity index (χ0n) is 5.17. The van der Waals surface area contributed by atoms with Gasteiger partial charge in [0, 0.05) is 11.2 Å². The number of aromatic nitrogens is 2. The van der Waals surface area contributed by atoms with E-state index in [1.54, 1.807) is 0 Å². The van der Waals surface area contributed by atoms with Gasteiger partial charge in [0.2, 0.25) is 12.1 Å². The van der Waals surface area contributed by atoms with Crippen LogP contribution in [0.5, 0.6) is 0 Å². The van der Waals surface area contributed by atoms with Crippen LogP contribution < -0.4 is 0 Å². The average molecular weight is 159 g/mol. The minimum absolute atomic E-state index is 0.102. The highest BCUT2D eigenvalue weighted by atomic mass is 32.2. The van der Waals surface area contributed by atoms with Crippen molar-refractivity contribution in [3.05, 3.63) is 18.3 Å². The van der Waals surface area contributed by atoms with Crippen LogP contribution in [0, 0.1) is 12.1 Å². The summed E-state index contributed by atoms with van der Waals surface area (Å²) in [6.45, 7) is 0. The highest BCUT2D eigenvalue weighted by Crippen LogP contribution is 2.06. The Kier molecular flexibility index (Phi) is 2.18. The summed E-state index contributed by atoms with van der Waals surface area (Å²) in [5.41, 5.74) is 0. The molecule has 0 bridgehead atoms. The van der Waals surface area contributed by atoms with Crippen molar-refractivity contribution in [2.45, 2.75) is 5.03 Å². The molecule has 3 nitrogen and oxygen atoms in total. The van der Waals surface area contributed by atoms with Crippen molar-refractivity contribution in [3.63, 3.8) is 0 Å². The lowest BCUT2D eigenvalue weighted by molar-refractivity contribution is 0.549. The van der Waals surface area contributed by atoms with Gasteiger partial charge in [0.1, 0.15) is 6.26 Å². The maximum absolute atomic E-state index is 12.5. The minimum Gasteiger partial charge on any atom is -0.610 e. The van der Waals surface area contributed by atoms with Gasteiger partial charge in [-0.25, -0.2) is 4.98 Å². The molecule has 0 fully saturated rings. The topological polar surface area (TPSA) is 48.8 Å². The molecule has 1 heterocycles. The quantitative estimate of drug-likeness (QED) is 0.433. The van der Waals surface area contributed by atoms with E-state index in [0.717, 1.165) is 6.20 Å². The molecule has 10 heavy (non-hydrogen) atoms. The maximum Gasteiger partial charge on any atom is 0.284 e. The van der Waals surface area contributed by atoms with Gasteiger partial charge in [-0.1, -0.05) is 0 Å². The van der Waals surface area contributed by atoms with Crippen LogP contribution >= 0.6 is 0 Å². The van der Waals surface area contributed by atoms with Crippen molar-refractivity contribution < 1.29 is 8.94 Å². The summed E-state index contributed by atoms with van der Waals surface area (Å²) in [5.74, 6) is -0.653. The number of hydrogen-bond acceptors (Lipinski definition) is 3. The predicted molar refractivity (Wildman–Crippen MR) is 33.2 cm³/mol. The van der Waals surface area contributed by atoms with E-state index in [0.29, 0.717) is 0 Å². The zero-order chi connectivity index (χ0) is 7.56. The first-order valence-electron chi connectivity index (χ1n) is 2.44. The Balaban J connectivity index is 3.03. The highest BCUT2D eigenvalue weighted by molar-refractivity contribution is 7.90. The lowest BCUT2D eigenvalue weighted by Gasteiger charge is -2.00. The molecule has 1 unspecified atom stereocenters. The Bertz CT molecular complexity index is 231. The van der Waals surface area contributed by atoms with Crippen LogP contribution in [0.25, 0.3) is 0 Å². The van der Waals surface area contributed by atoms with Gasteiger partial charge in [-0.15, -0.1) is 0 Å². The molecule has 5 heteroatoms. The summed E-state index contributed by atoms with van der Waals surface area (Å²) >= 11 is -1.40. The smallest absolute Gasteiger partial charge is 0.284 e. The van der Waals surface area contributed by atoms with E-state index >= 15 is 0 Å². The molecule has 0 aliphatic carbocycles. The second kappa shape index (κ2) is 2.94. The molecule has 0 aliphatic rings. The Labute approximate surface area is 60.5 Å². The van der Waals surface area contributed by atoms with Gasteiger partial charge in [0.25, 0.3) is 5.03 Å². The van der Waals surface area contributed by atoms with Gasteiger partial charge in [-0.3, -0.25) is 0 Å². The molecule has 1 aromatic heterocycles. The van der Waals surface area contributed by atoms with Crippen LogP contribution in [-0.2, 0) is 11.2 Å². The molecule has 1 radical (unpaired) electrons. The molecule has 1 atom stereocenters. The molecule has 0 saturated heterocycles. The van der Waals surface area contributed by atoms with Crippen molar-refractivity contribution in [2.75, 3.05) is 6.26 Å². The van der Waals surface area contributed by atoms with E-state index in [-0.39, 0.29) is 5.03 Å². The fraction of sp³-hybridized carbons (Fsp3) is 0.200. The lowest BCUT2D eigenvalue weighted by atomic mass is 10.6. The number of hydrogen-bond donors (Lipinski definition) is 0. The molecule has 53 valence electrons. The minimum atomic E-state index is -1.40. The number of nitrogens with zero attached hydrogens (tertiary/aromatic N) is 2. The van der Waals surface area contributed by atoms with Gasteiger partial charge in [-0.05, 0) is 0 Å². The van der Waals surface area contributed by atoms with E-state index in [2.05, 4.69) is 16.3 Å². The number of rotatable bonds is 1. The molecular weight excluding hydrogens is 155 g/mol. The third-order valence-corrected chi connectivity index (χ3v) is 1.69. The molecule has 0 saturated carbocycles. The lowest BCUT2D eigenvalue weighted by Crippen LogP contribution is -2.04. The van der Waals surface area contributed by atoms with Crippen LogP contribution in [0.4, 0.5) is 4.39 Å². The first-order chi connectivity index (χ1) is 4.72. The van der Waals surface area contributed by atoms with Crippen LogP contribution in [0.15, 0.2) is 11.2 Å². The fourth-order valence-corrected chi connectivity index (χ4v) is 0.967. The summed E-state index contributed by atoms with van der Waals surface area (Å²) < 4.78 is 23.1. The Morgan fingerprint density at radius 3 is 2.90 bits per heavy atom. The molecular formula is C5H4FN2OS. The Hall–Kier alpha value is -0.680. The van der Waals surface area contributed by atoms with Gasteiger partial charge in [0.05, 0.1) is 6.20 Å². The average Bonchev–Trinajstić information content (AvgIpc) is 1.88. The van der Waals surface area contributed by atoms with Crippen molar-refractivity contribution in [3.8, 4) is 0 Å². The Morgan fingerprint density at radius 2 is 2.50 bits per heavy atom. The third-order valence-electron chi connectivity index (χ3n) is 0.864. The second-order valence-electron chi connectivity index (χ2n) is 1.58. The predicted octanol–water partition coefficient (Wildman–Crippen LogP) is 0.153. The van der Waals surface area contributed by atoms with Gasteiger partial charge < -0.3 is 4.55 Å². The van der Waals surface area contributed by atoms with Crippen LogP contribution in [-0.4, -0.2) is 20.8 Å². The van der Waals surface area contributed by atoms with Crippen LogP contribution in [0.3, 0.4) is 0 Å². The van der Waals surface area contributed by atoms with Crippen LogP contribution in [0.1, 0.15) is 0 Å². The molecule has 0 N–H and O–H groups in total. The summed E-state index contributed by atoms with van der Waals surface area (Å²) in [7, 11) is 0. The molecule has 1 aromatic rings. The monoisotopic (exact) mass is 159 g/mol. The van der Waals surface area contributed by atoms with Crippen molar-refractivity contribution in [1.82, 2.24) is 9.97 Å². The third kappa shape index (κ3) is 1.43. The first kappa shape index (κ1) is 7.43. The second-order valence-corrected chi connectivity index (χ2v) is 2.87. The molecule has 0 amide bonds. The molecule has 0 spiro atoms. The van der Waals surface area contributed by atoms with E-state index in [1.165, 1.54) is 6.26 Å². The van der Waals surface area contributed by atoms with Gasteiger partial charge in [-0.2, -0.15) is 9.37 Å². The van der Waals surface area contributed by atoms with Crippen molar-refractivity contribution >= 4 is 11.2 Å². The van der Waals surface area contributed by atoms with Crippen LogP contribution in [0.2, 0.25) is 0 Å². The van der Waals surface area contributed by atoms with E-state index < -0.39 is 17.0 Å². The van der Waals surface area contributed by atoms with Crippen molar-refractivity contribution in [2.24, 2.45) is 0 Å². The summed E-state index contributed by atoms with van der Waals surface area (Å²) in [6.07, 6.45) is 4.43. The summed E-state index contributed by atoms with van der Waals surface area (Å²) in [6, 6.07) is 0. The maximum atomic E-state index is 12.5. The highest BCUT2D eigenvalue weighted by Gasteiger charge is 2.12. The molecule has 0 aromatic carbocycles. The van der Waals surface area contributed by atoms with Crippen molar-refractivity contribution in [1.29, 1.82) is 0 Å². The Morgan fingerprint density at radius 1 is 1.80 bits per heavy atom. The van der Waals surface area contributed by atoms with E-state index in [1.807, 2.05) is 0 Å². The SMILES string of the molecule is C[S+]([O-])c1n[c]ncc1F.